The average Bonchev–Trinajstić information content (AvgIpc) is 2.34. The smallest absolute Gasteiger partial charge is 0.258 e. The molecule has 0 aliphatic heterocycles. The van der Waals surface area contributed by atoms with Crippen molar-refractivity contribution in [1.29, 1.82) is 0 Å². The Bertz CT molecular complexity index is 400. The minimum absolute atomic E-state index is 0.0803. The first-order valence-corrected chi connectivity index (χ1v) is 6.15. The van der Waals surface area contributed by atoms with E-state index < -0.39 is 6.04 Å². The third-order valence-corrected chi connectivity index (χ3v) is 2.52. The predicted molar refractivity (Wildman–Crippen MR) is 72.3 cm³/mol. The molecule has 1 aromatic rings. The van der Waals surface area contributed by atoms with Gasteiger partial charge in [0.15, 0.2) is 6.61 Å². The Morgan fingerprint density at radius 3 is 2.47 bits per heavy atom. The van der Waals surface area contributed by atoms with Crippen LogP contribution >= 0.6 is 0 Å². The lowest BCUT2D eigenvalue weighted by Gasteiger charge is -2.15. The van der Waals surface area contributed by atoms with Crippen LogP contribution in [0.3, 0.4) is 0 Å². The van der Waals surface area contributed by atoms with Crippen LogP contribution in [0.2, 0.25) is 0 Å². The van der Waals surface area contributed by atoms with E-state index in [1.165, 1.54) is 7.11 Å². The van der Waals surface area contributed by atoms with Gasteiger partial charge in [-0.05, 0) is 37.1 Å². The fraction of sp³-hybridized carbons (Fsp3) is 0.500. The van der Waals surface area contributed by atoms with Gasteiger partial charge in [-0.2, -0.15) is 0 Å². The van der Waals surface area contributed by atoms with Gasteiger partial charge in [0, 0.05) is 7.11 Å². The van der Waals surface area contributed by atoms with Crippen LogP contribution in [-0.4, -0.2) is 44.0 Å². The molecule has 2 N–H and O–H groups in total. The van der Waals surface area contributed by atoms with Crippen molar-refractivity contribution in [3.05, 3.63) is 29.3 Å². The van der Waals surface area contributed by atoms with Crippen LogP contribution in [0.25, 0.3) is 0 Å². The minimum Gasteiger partial charge on any atom is -0.484 e. The van der Waals surface area contributed by atoms with Gasteiger partial charge in [0.05, 0.1) is 19.3 Å². The molecule has 0 aliphatic rings. The lowest BCUT2D eigenvalue weighted by molar-refractivity contribution is -0.124. The topological polar surface area (TPSA) is 67.8 Å². The largest absolute Gasteiger partial charge is 0.484 e. The van der Waals surface area contributed by atoms with Gasteiger partial charge < -0.3 is 19.9 Å². The summed E-state index contributed by atoms with van der Waals surface area (Å²) in [6.07, 6.45) is 0. The van der Waals surface area contributed by atoms with Gasteiger partial charge in [-0.15, -0.1) is 0 Å². The first-order valence-electron chi connectivity index (χ1n) is 6.15. The summed E-state index contributed by atoms with van der Waals surface area (Å²) in [4.78, 5) is 11.6. The predicted octanol–water partition coefficient (Wildman–Crippen LogP) is 0.806. The summed E-state index contributed by atoms with van der Waals surface area (Å²) >= 11 is 0. The fourth-order valence-corrected chi connectivity index (χ4v) is 1.78. The number of ether oxygens (including phenoxy) is 2. The molecule has 106 valence electrons. The van der Waals surface area contributed by atoms with Crippen molar-refractivity contribution >= 4 is 5.91 Å². The number of aliphatic hydroxyl groups excluding tert-OH is 1. The summed E-state index contributed by atoms with van der Waals surface area (Å²) in [7, 11) is 1.51. The van der Waals surface area contributed by atoms with Gasteiger partial charge in [-0.3, -0.25) is 4.79 Å². The van der Waals surface area contributed by atoms with E-state index in [9.17, 15) is 4.79 Å². The summed E-state index contributed by atoms with van der Waals surface area (Å²) in [5, 5.41) is 11.7. The highest BCUT2D eigenvalue weighted by atomic mass is 16.5. The lowest BCUT2D eigenvalue weighted by atomic mass is 10.1. The molecule has 1 amide bonds. The quantitative estimate of drug-likeness (QED) is 0.767. The maximum Gasteiger partial charge on any atom is 0.258 e. The molecule has 19 heavy (non-hydrogen) atoms. The Labute approximate surface area is 113 Å². The molecule has 5 nitrogen and oxygen atoms in total. The van der Waals surface area contributed by atoms with Gasteiger partial charge in [0.2, 0.25) is 0 Å². The second kappa shape index (κ2) is 7.76. The van der Waals surface area contributed by atoms with E-state index >= 15 is 0 Å². The summed E-state index contributed by atoms with van der Waals surface area (Å²) < 4.78 is 10.3. The van der Waals surface area contributed by atoms with Gasteiger partial charge in [-0.1, -0.05) is 6.07 Å². The monoisotopic (exact) mass is 267 g/mol. The second-order valence-corrected chi connectivity index (χ2v) is 4.51. The molecule has 0 bridgehead atoms. The maximum absolute atomic E-state index is 11.6. The van der Waals surface area contributed by atoms with Crippen LogP contribution in [0.4, 0.5) is 0 Å². The number of amides is 1. The SMILES string of the molecule is COCC(CO)NC(=O)COc1cc(C)cc(C)c1. The molecule has 0 saturated heterocycles. The molecule has 5 heteroatoms. The van der Waals surface area contributed by atoms with Crippen molar-refractivity contribution < 1.29 is 19.4 Å². The molecular formula is C14H21NO4. The fourth-order valence-electron chi connectivity index (χ4n) is 1.78. The van der Waals surface area contributed by atoms with E-state index in [1.807, 2.05) is 32.0 Å². The number of carbonyl (C=O) groups is 1. The van der Waals surface area contributed by atoms with Crippen molar-refractivity contribution in [2.75, 3.05) is 26.9 Å². The Morgan fingerprint density at radius 1 is 1.32 bits per heavy atom. The zero-order valence-electron chi connectivity index (χ0n) is 11.6. The van der Waals surface area contributed by atoms with E-state index in [0.717, 1.165) is 11.1 Å². The van der Waals surface area contributed by atoms with Crippen LogP contribution in [0, 0.1) is 13.8 Å². The highest BCUT2D eigenvalue weighted by Crippen LogP contribution is 2.15. The van der Waals surface area contributed by atoms with Crippen LogP contribution in [0.5, 0.6) is 5.75 Å². The van der Waals surface area contributed by atoms with Gasteiger partial charge in [0.25, 0.3) is 5.91 Å². The van der Waals surface area contributed by atoms with Gasteiger partial charge in [0.1, 0.15) is 5.75 Å². The second-order valence-electron chi connectivity index (χ2n) is 4.51. The first kappa shape index (κ1) is 15.5. The van der Waals surface area contributed by atoms with Crippen molar-refractivity contribution in [3.8, 4) is 5.75 Å². The Morgan fingerprint density at radius 2 is 1.95 bits per heavy atom. The number of benzene rings is 1. The zero-order valence-corrected chi connectivity index (χ0v) is 11.6. The molecule has 0 saturated carbocycles. The highest BCUT2D eigenvalue weighted by Gasteiger charge is 2.11. The molecule has 1 aromatic carbocycles. The third-order valence-electron chi connectivity index (χ3n) is 2.52. The summed E-state index contributed by atoms with van der Waals surface area (Å²) in [6.45, 7) is 3.97. The number of hydrogen-bond acceptors (Lipinski definition) is 4. The Kier molecular flexibility index (Phi) is 6.32. The number of nitrogens with one attached hydrogen (secondary N) is 1. The first-order chi connectivity index (χ1) is 9.05. The van der Waals surface area contributed by atoms with Crippen molar-refractivity contribution in [2.24, 2.45) is 0 Å². The zero-order chi connectivity index (χ0) is 14.3. The Balaban J connectivity index is 2.45. The number of carbonyl (C=O) groups excluding carboxylic acids is 1. The molecular weight excluding hydrogens is 246 g/mol. The summed E-state index contributed by atoms with van der Waals surface area (Å²) in [6, 6.07) is 5.38. The van der Waals surface area contributed by atoms with Crippen LogP contribution < -0.4 is 10.1 Å². The number of methoxy groups -OCH3 is 1. The average molecular weight is 267 g/mol. The summed E-state index contributed by atoms with van der Waals surface area (Å²) in [5.41, 5.74) is 2.17. The van der Waals surface area contributed by atoms with Gasteiger partial charge >= 0.3 is 0 Å². The number of aliphatic hydroxyl groups is 1. The standard InChI is InChI=1S/C14H21NO4/c1-10-4-11(2)6-13(5-10)19-9-14(17)15-12(7-16)8-18-3/h4-6,12,16H,7-9H2,1-3H3,(H,15,17). The number of rotatable bonds is 7. The third kappa shape index (κ3) is 5.72. The molecule has 1 unspecified atom stereocenters. The normalized spacial score (nSPS) is 12.0. The van der Waals surface area contributed by atoms with Crippen molar-refractivity contribution in [1.82, 2.24) is 5.32 Å². The molecule has 1 atom stereocenters. The van der Waals surface area contributed by atoms with E-state index in [2.05, 4.69) is 5.32 Å². The molecule has 0 fully saturated rings. The van der Waals surface area contributed by atoms with E-state index in [-0.39, 0.29) is 25.7 Å². The van der Waals surface area contributed by atoms with E-state index in [0.29, 0.717) is 5.75 Å². The van der Waals surface area contributed by atoms with Gasteiger partial charge in [-0.25, -0.2) is 0 Å². The molecule has 0 spiro atoms. The van der Waals surface area contributed by atoms with Crippen molar-refractivity contribution in [3.63, 3.8) is 0 Å². The van der Waals surface area contributed by atoms with Crippen molar-refractivity contribution in [2.45, 2.75) is 19.9 Å². The van der Waals surface area contributed by atoms with E-state index in [4.69, 9.17) is 14.6 Å². The molecule has 0 aromatic heterocycles. The van der Waals surface area contributed by atoms with E-state index in [1.54, 1.807) is 0 Å². The van der Waals surface area contributed by atoms with Crippen LogP contribution in [0.15, 0.2) is 18.2 Å². The lowest BCUT2D eigenvalue weighted by Crippen LogP contribution is -2.42. The van der Waals surface area contributed by atoms with Crippen LogP contribution in [-0.2, 0) is 9.53 Å². The highest BCUT2D eigenvalue weighted by molar-refractivity contribution is 5.77. The Hall–Kier alpha value is -1.59. The number of hydrogen-bond donors (Lipinski definition) is 2. The maximum atomic E-state index is 11.6. The van der Waals surface area contributed by atoms with Crippen LogP contribution in [0.1, 0.15) is 11.1 Å². The molecule has 1 rings (SSSR count). The minimum atomic E-state index is -0.402. The summed E-state index contributed by atoms with van der Waals surface area (Å²) in [5.74, 6) is 0.384. The molecule has 0 radical (unpaired) electrons. The number of aryl methyl sites for hydroxylation is 2. The molecule has 0 heterocycles. The molecule has 0 aliphatic carbocycles.